The molecular formula is C19H25FNO3P. The standard InChI is InChI=1S/C19H25FNO3P/c1-14(2)13-24-25(23,16-11-9-15(10-12-16)21(3)4)19(22)17-7-5-6-8-18(17)20/h5-12,14,19,22H,13H2,1-4H3/t19-,25+/m1/s1. The Balaban J connectivity index is 2.46. The maximum Gasteiger partial charge on any atom is 0.264 e. The molecule has 2 aromatic carbocycles. The molecule has 0 radical (unpaired) electrons. The van der Waals surface area contributed by atoms with Gasteiger partial charge in [0.2, 0.25) is 0 Å². The van der Waals surface area contributed by atoms with Crippen LogP contribution in [-0.2, 0) is 9.09 Å². The summed E-state index contributed by atoms with van der Waals surface area (Å²) in [6.45, 7) is 4.06. The first-order valence-corrected chi connectivity index (χ1v) is 9.90. The van der Waals surface area contributed by atoms with E-state index in [0.29, 0.717) is 5.30 Å². The van der Waals surface area contributed by atoms with E-state index in [-0.39, 0.29) is 18.1 Å². The predicted octanol–water partition coefficient (Wildman–Crippen LogP) is 4.16. The SMILES string of the molecule is CC(C)CO[P@@](=O)(c1ccc(N(C)C)cc1)[C@@H](O)c1ccccc1F. The van der Waals surface area contributed by atoms with Gasteiger partial charge >= 0.3 is 0 Å². The topological polar surface area (TPSA) is 49.8 Å². The van der Waals surface area contributed by atoms with Crippen LogP contribution in [0.2, 0.25) is 0 Å². The highest BCUT2D eigenvalue weighted by Crippen LogP contribution is 2.58. The zero-order valence-corrected chi connectivity index (χ0v) is 15.9. The molecule has 25 heavy (non-hydrogen) atoms. The Kier molecular flexibility index (Phi) is 6.39. The number of hydrogen-bond donors (Lipinski definition) is 1. The Morgan fingerprint density at radius 2 is 1.72 bits per heavy atom. The molecule has 2 rings (SSSR count). The van der Waals surface area contributed by atoms with E-state index in [2.05, 4.69) is 0 Å². The van der Waals surface area contributed by atoms with Gasteiger partial charge in [-0.1, -0.05) is 32.0 Å². The first kappa shape index (κ1) is 19.6. The van der Waals surface area contributed by atoms with E-state index in [1.165, 1.54) is 18.2 Å². The lowest BCUT2D eigenvalue weighted by Crippen LogP contribution is -2.18. The first-order valence-electron chi connectivity index (χ1n) is 8.20. The van der Waals surface area contributed by atoms with Gasteiger partial charge in [0.25, 0.3) is 7.37 Å². The highest BCUT2D eigenvalue weighted by molar-refractivity contribution is 7.67. The normalized spacial score (nSPS) is 15.0. The fourth-order valence-electron chi connectivity index (χ4n) is 2.37. The van der Waals surface area contributed by atoms with E-state index >= 15 is 0 Å². The van der Waals surface area contributed by atoms with Crippen LogP contribution in [0.3, 0.4) is 0 Å². The number of halogens is 1. The molecule has 136 valence electrons. The molecule has 0 fully saturated rings. The lowest BCUT2D eigenvalue weighted by Gasteiger charge is -2.26. The molecule has 2 aromatic rings. The number of rotatable bonds is 7. The van der Waals surface area contributed by atoms with E-state index in [9.17, 15) is 14.1 Å². The van der Waals surface area contributed by atoms with Crippen LogP contribution < -0.4 is 10.2 Å². The Bertz CT molecular complexity index is 747. The van der Waals surface area contributed by atoms with Gasteiger partial charge in [0, 0.05) is 30.7 Å². The van der Waals surface area contributed by atoms with Crippen molar-refractivity contribution in [1.82, 2.24) is 0 Å². The van der Waals surface area contributed by atoms with Crippen molar-refractivity contribution in [3.05, 3.63) is 59.9 Å². The van der Waals surface area contributed by atoms with Gasteiger partial charge in [-0.25, -0.2) is 4.39 Å². The summed E-state index contributed by atoms with van der Waals surface area (Å²) >= 11 is 0. The van der Waals surface area contributed by atoms with Crippen molar-refractivity contribution >= 4 is 18.4 Å². The molecule has 0 amide bonds. The number of nitrogens with zero attached hydrogens (tertiary/aromatic N) is 1. The molecule has 0 saturated carbocycles. The largest absolute Gasteiger partial charge is 0.378 e. The molecule has 4 nitrogen and oxygen atoms in total. The Labute approximate surface area is 148 Å². The van der Waals surface area contributed by atoms with Crippen LogP contribution in [-0.4, -0.2) is 25.8 Å². The third kappa shape index (κ3) is 4.49. The van der Waals surface area contributed by atoms with E-state index in [4.69, 9.17) is 4.52 Å². The van der Waals surface area contributed by atoms with Crippen LogP contribution in [0, 0.1) is 11.7 Å². The quantitative estimate of drug-likeness (QED) is 0.749. The van der Waals surface area contributed by atoms with Gasteiger partial charge in [-0.05, 0) is 36.2 Å². The van der Waals surface area contributed by atoms with Crippen molar-refractivity contribution in [2.45, 2.75) is 19.7 Å². The summed E-state index contributed by atoms with van der Waals surface area (Å²) in [5, 5.41) is 11.1. The molecule has 1 N–H and O–H groups in total. The van der Waals surface area contributed by atoms with Crippen molar-refractivity contribution in [2.24, 2.45) is 5.92 Å². The molecular weight excluding hydrogens is 340 g/mol. The molecule has 0 bridgehead atoms. The van der Waals surface area contributed by atoms with Crippen LogP contribution >= 0.6 is 7.37 Å². The van der Waals surface area contributed by atoms with Crippen molar-refractivity contribution in [1.29, 1.82) is 0 Å². The van der Waals surface area contributed by atoms with Crippen LogP contribution in [0.15, 0.2) is 48.5 Å². The van der Waals surface area contributed by atoms with E-state index in [1.807, 2.05) is 32.8 Å². The summed E-state index contributed by atoms with van der Waals surface area (Å²) in [6.07, 6.45) is 0. The monoisotopic (exact) mass is 365 g/mol. The van der Waals surface area contributed by atoms with Crippen molar-refractivity contribution in [2.75, 3.05) is 25.6 Å². The van der Waals surface area contributed by atoms with Gasteiger partial charge in [0.05, 0.1) is 6.61 Å². The van der Waals surface area contributed by atoms with Crippen LogP contribution in [0.25, 0.3) is 0 Å². The Morgan fingerprint density at radius 1 is 1.12 bits per heavy atom. The Morgan fingerprint density at radius 3 is 2.24 bits per heavy atom. The zero-order chi connectivity index (χ0) is 18.6. The average molecular weight is 365 g/mol. The third-order valence-electron chi connectivity index (χ3n) is 3.83. The molecule has 0 heterocycles. The van der Waals surface area contributed by atoms with Gasteiger partial charge in [-0.2, -0.15) is 0 Å². The second-order valence-electron chi connectivity index (χ2n) is 6.59. The van der Waals surface area contributed by atoms with E-state index < -0.39 is 19.0 Å². The molecule has 0 aliphatic heterocycles. The van der Waals surface area contributed by atoms with Gasteiger partial charge < -0.3 is 14.5 Å². The first-order chi connectivity index (χ1) is 11.8. The zero-order valence-electron chi connectivity index (χ0n) is 15.0. The second kappa shape index (κ2) is 8.13. The van der Waals surface area contributed by atoms with Gasteiger partial charge in [-0.15, -0.1) is 0 Å². The molecule has 2 atom stereocenters. The minimum absolute atomic E-state index is 0.0220. The maximum absolute atomic E-state index is 14.1. The molecule has 0 aliphatic carbocycles. The van der Waals surface area contributed by atoms with Crippen molar-refractivity contribution < 1.29 is 18.6 Å². The lowest BCUT2D eigenvalue weighted by atomic mass is 10.2. The summed E-state index contributed by atoms with van der Waals surface area (Å²) in [4.78, 5) is 1.91. The summed E-state index contributed by atoms with van der Waals surface area (Å²) in [5.74, 6) is -2.03. The summed E-state index contributed by atoms with van der Waals surface area (Å²) in [7, 11) is 0.0832. The molecule has 0 saturated heterocycles. The lowest BCUT2D eigenvalue weighted by molar-refractivity contribution is 0.199. The van der Waals surface area contributed by atoms with Crippen LogP contribution in [0.4, 0.5) is 10.1 Å². The fraction of sp³-hybridized carbons (Fsp3) is 0.368. The number of aliphatic hydroxyl groups excluding tert-OH is 1. The van der Waals surface area contributed by atoms with E-state index in [1.54, 1.807) is 30.3 Å². The molecule has 6 heteroatoms. The van der Waals surface area contributed by atoms with Crippen molar-refractivity contribution in [3.8, 4) is 0 Å². The smallest absolute Gasteiger partial charge is 0.264 e. The number of aliphatic hydroxyl groups is 1. The third-order valence-corrected chi connectivity index (χ3v) is 6.30. The van der Waals surface area contributed by atoms with Gasteiger partial charge in [0.1, 0.15) is 5.82 Å². The Hall–Kier alpha value is -1.68. The minimum atomic E-state index is -3.72. The van der Waals surface area contributed by atoms with E-state index in [0.717, 1.165) is 5.69 Å². The van der Waals surface area contributed by atoms with Gasteiger partial charge in [-0.3, -0.25) is 4.57 Å². The second-order valence-corrected chi connectivity index (χ2v) is 9.05. The van der Waals surface area contributed by atoms with Gasteiger partial charge in [0.15, 0.2) is 5.85 Å². The van der Waals surface area contributed by atoms with Crippen LogP contribution in [0.1, 0.15) is 25.3 Å². The summed E-state index contributed by atoms with van der Waals surface area (Å²) in [6, 6.07) is 12.7. The molecule has 0 aromatic heterocycles. The molecule has 0 unspecified atom stereocenters. The summed E-state index contributed by atoms with van der Waals surface area (Å²) in [5.41, 5.74) is 0.908. The highest BCUT2D eigenvalue weighted by atomic mass is 31.2. The minimum Gasteiger partial charge on any atom is -0.378 e. The highest BCUT2D eigenvalue weighted by Gasteiger charge is 2.38. The number of anilines is 1. The average Bonchev–Trinajstić information content (AvgIpc) is 2.59. The van der Waals surface area contributed by atoms with Crippen molar-refractivity contribution in [3.63, 3.8) is 0 Å². The number of hydrogen-bond acceptors (Lipinski definition) is 4. The maximum atomic E-state index is 14.1. The number of benzene rings is 2. The summed E-state index contributed by atoms with van der Waals surface area (Å²) < 4.78 is 33.4. The fourth-order valence-corrected chi connectivity index (χ4v) is 4.60. The molecule has 0 aliphatic rings. The van der Waals surface area contributed by atoms with Crippen LogP contribution in [0.5, 0.6) is 0 Å². The molecule has 0 spiro atoms. The predicted molar refractivity (Wildman–Crippen MR) is 100 cm³/mol.